The van der Waals surface area contributed by atoms with Gasteiger partial charge in [0.25, 0.3) is 5.91 Å². The van der Waals surface area contributed by atoms with Gasteiger partial charge in [-0.3, -0.25) is 15.0 Å². The molecule has 3 rings (SSSR count). The summed E-state index contributed by atoms with van der Waals surface area (Å²) in [4.78, 5) is 40.6. The van der Waals surface area contributed by atoms with Crippen molar-refractivity contribution in [2.45, 2.75) is 17.6 Å². The first-order chi connectivity index (χ1) is 11.9. The molecule has 1 atom stereocenters. The SMILES string of the molecule is C[C@@]1(c2ccccc2)NC(=O)N(NC(=O)CSc2n[nH]c(N)n2)C1=O. The zero-order valence-electron chi connectivity index (χ0n) is 13.1. The summed E-state index contributed by atoms with van der Waals surface area (Å²) in [5.74, 6) is -1.06. The fourth-order valence-corrected chi connectivity index (χ4v) is 2.92. The van der Waals surface area contributed by atoms with Gasteiger partial charge in [-0.1, -0.05) is 42.1 Å². The Morgan fingerprint density at radius 3 is 2.72 bits per heavy atom. The number of benzene rings is 1. The van der Waals surface area contributed by atoms with Crippen molar-refractivity contribution in [3.63, 3.8) is 0 Å². The van der Waals surface area contributed by atoms with Crippen molar-refractivity contribution in [3.8, 4) is 0 Å². The zero-order valence-corrected chi connectivity index (χ0v) is 14.0. The van der Waals surface area contributed by atoms with Gasteiger partial charge in [0.2, 0.25) is 17.0 Å². The van der Waals surface area contributed by atoms with Crippen LogP contribution in [0.1, 0.15) is 12.5 Å². The first-order valence-electron chi connectivity index (χ1n) is 7.22. The average molecular weight is 361 g/mol. The Hall–Kier alpha value is -3.08. The number of carbonyl (C=O) groups is 3. The maximum Gasteiger partial charge on any atom is 0.344 e. The van der Waals surface area contributed by atoms with Crippen molar-refractivity contribution < 1.29 is 14.4 Å². The lowest BCUT2D eigenvalue weighted by Gasteiger charge is -2.22. The highest BCUT2D eigenvalue weighted by Crippen LogP contribution is 2.27. The van der Waals surface area contributed by atoms with Crippen molar-refractivity contribution in [2.24, 2.45) is 0 Å². The quantitative estimate of drug-likeness (QED) is 0.432. The lowest BCUT2D eigenvalue weighted by molar-refractivity contribution is -0.138. The predicted molar refractivity (Wildman–Crippen MR) is 88.8 cm³/mol. The summed E-state index contributed by atoms with van der Waals surface area (Å²) in [6.45, 7) is 1.58. The summed E-state index contributed by atoms with van der Waals surface area (Å²) >= 11 is 1.02. The van der Waals surface area contributed by atoms with Crippen LogP contribution in [0.15, 0.2) is 35.5 Å². The number of aromatic nitrogens is 3. The van der Waals surface area contributed by atoms with Gasteiger partial charge in [-0.15, -0.1) is 5.10 Å². The maximum atomic E-state index is 12.6. The van der Waals surface area contributed by atoms with Gasteiger partial charge in [-0.05, 0) is 12.5 Å². The van der Waals surface area contributed by atoms with Crippen LogP contribution in [-0.4, -0.2) is 43.8 Å². The molecule has 1 aromatic carbocycles. The van der Waals surface area contributed by atoms with E-state index in [1.807, 2.05) is 0 Å². The highest BCUT2D eigenvalue weighted by atomic mass is 32.2. The van der Waals surface area contributed by atoms with Gasteiger partial charge in [0.05, 0.1) is 5.75 Å². The Balaban J connectivity index is 1.65. The molecule has 5 N–H and O–H groups in total. The second-order valence-corrected chi connectivity index (χ2v) is 6.33. The Labute approximate surface area is 146 Å². The van der Waals surface area contributed by atoms with Gasteiger partial charge in [0.1, 0.15) is 5.54 Å². The minimum atomic E-state index is -1.24. The number of H-pyrrole nitrogens is 1. The largest absolute Gasteiger partial charge is 0.368 e. The molecular formula is C14H15N7O3S. The molecule has 0 spiro atoms. The smallest absolute Gasteiger partial charge is 0.344 e. The minimum Gasteiger partial charge on any atom is -0.368 e. The van der Waals surface area contributed by atoms with E-state index in [2.05, 4.69) is 25.9 Å². The molecule has 0 unspecified atom stereocenters. The second kappa shape index (κ2) is 6.43. The number of amides is 4. The summed E-state index contributed by atoms with van der Waals surface area (Å²) < 4.78 is 0. The number of nitrogens with two attached hydrogens (primary N) is 1. The van der Waals surface area contributed by atoms with Crippen LogP contribution in [0.4, 0.5) is 10.7 Å². The number of anilines is 1. The molecule has 0 radical (unpaired) electrons. The lowest BCUT2D eigenvalue weighted by Crippen LogP contribution is -2.48. The van der Waals surface area contributed by atoms with E-state index < -0.39 is 23.4 Å². The van der Waals surface area contributed by atoms with Gasteiger partial charge in [-0.2, -0.15) is 9.99 Å². The molecule has 10 nitrogen and oxygen atoms in total. The van der Waals surface area contributed by atoms with Crippen molar-refractivity contribution in [3.05, 3.63) is 35.9 Å². The van der Waals surface area contributed by atoms with E-state index in [1.54, 1.807) is 37.3 Å². The zero-order chi connectivity index (χ0) is 18.0. The molecule has 0 aliphatic carbocycles. The topological polar surface area (TPSA) is 146 Å². The molecule has 4 amide bonds. The number of hydrazine groups is 1. The number of nitrogens with zero attached hydrogens (tertiary/aromatic N) is 3. The second-order valence-electron chi connectivity index (χ2n) is 5.39. The van der Waals surface area contributed by atoms with E-state index in [4.69, 9.17) is 5.73 Å². The lowest BCUT2D eigenvalue weighted by atomic mass is 9.92. The van der Waals surface area contributed by atoms with Gasteiger partial charge in [0, 0.05) is 0 Å². The molecule has 25 heavy (non-hydrogen) atoms. The van der Waals surface area contributed by atoms with Crippen LogP contribution in [0.3, 0.4) is 0 Å². The Morgan fingerprint density at radius 2 is 2.08 bits per heavy atom. The maximum absolute atomic E-state index is 12.6. The van der Waals surface area contributed by atoms with Crippen molar-refractivity contribution >= 4 is 35.6 Å². The van der Waals surface area contributed by atoms with Crippen molar-refractivity contribution in [2.75, 3.05) is 11.5 Å². The molecule has 0 saturated carbocycles. The average Bonchev–Trinajstić information content (AvgIpc) is 3.11. The molecule has 1 saturated heterocycles. The summed E-state index contributed by atoms with van der Waals surface area (Å²) in [7, 11) is 0. The molecular weight excluding hydrogens is 346 g/mol. The van der Waals surface area contributed by atoms with E-state index >= 15 is 0 Å². The molecule has 2 heterocycles. The van der Waals surface area contributed by atoms with E-state index in [0.717, 1.165) is 11.8 Å². The molecule has 1 aromatic heterocycles. The Morgan fingerprint density at radius 1 is 1.36 bits per heavy atom. The number of thioether (sulfide) groups is 1. The monoisotopic (exact) mass is 361 g/mol. The van der Waals surface area contributed by atoms with E-state index in [0.29, 0.717) is 15.7 Å². The van der Waals surface area contributed by atoms with Gasteiger partial charge >= 0.3 is 6.03 Å². The minimum absolute atomic E-state index is 0.0869. The van der Waals surface area contributed by atoms with E-state index in [9.17, 15) is 14.4 Å². The highest BCUT2D eigenvalue weighted by Gasteiger charge is 2.49. The number of aromatic amines is 1. The van der Waals surface area contributed by atoms with Crippen LogP contribution < -0.4 is 16.5 Å². The molecule has 1 fully saturated rings. The van der Waals surface area contributed by atoms with Gasteiger partial charge < -0.3 is 11.1 Å². The number of imide groups is 1. The molecule has 1 aliphatic rings. The first kappa shape index (κ1) is 16.8. The standard InChI is InChI=1S/C14H15N7O3S/c1-14(8-5-3-2-4-6-8)10(23)21(13(24)17-14)20-9(22)7-25-12-16-11(15)18-19-12/h2-6H,7H2,1H3,(H,17,24)(H,20,22)(H3,15,16,18,19)/t14-/m0/s1. The van der Waals surface area contributed by atoms with E-state index in [-0.39, 0.29) is 11.7 Å². The normalized spacial score (nSPS) is 19.8. The van der Waals surface area contributed by atoms with Crippen LogP contribution in [-0.2, 0) is 15.1 Å². The van der Waals surface area contributed by atoms with Crippen molar-refractivity contribution in [1.82, 2.24) is 30.9 Å². The summed E-state index contributed by atoms with van der Waals surface area (Å²) in [6.07, 6.45) is 0. The number of urea groups is 1. The summed E-state index contributed by atoms with van der Waals surface area (Å²) in [5, 5.41) is 9.79. The van der Waals surface area contributed by atoms with E-state index in [1.165, 1.54) is 0 Å². The highest BCUT2D eigenvalue weighted by molar-refractivity contribution is 7.99. The Bertz CT molecular complexity index is 825. The first-order valence-corrected chi connectivity index (χ1v) is 8.21. The number of hydrogen-bond acceptors (Lipinski definition) is 7. The Kier molecular flexibility index (Phi) is 4.31. The van der Waals surface area contributed by atoms with Crippen LogP contribution >= 0.6 is 11.8 Å². The van der Waals surface area contributed by atoms with Crippen LogP contribution in [0.5, 0.6) is 0 Å². The summed E-state index contributed by atoms with van der Waals surface area (Å²) in [5.41, 5.74) is 7.07. The van der Waals surface area contributed by atoms with Gasteiger partial charge in [-0.25, -0.2) is 9.89 Å². The number of hydrogen-bond donors (Lipinski definition) is 4. The fraction of sp³-hybridized carbons (Fsp3) is 0.214. The molecule has 0 bridgehead atoms. The van der Waals surface area contributed by atoms with Gasteiger partial charge in [0.15, 0.2) is 0 Å². The number of nitrogens with one attached hydrogen (secondary N) is 3. The van der Waals surface area contributed by atoms with Crippen LogP contribution in [0, 0.1) is 0 Å². The predicted octanol–water partition coefficient (Wildman–Crippen LogP) is -0.0226. The molecule has 1 aliphatic heterocycles. The molecule has 11 heteroatoms. The van der Waals surface area contributed by atoms with Crippen LogP contribution in [0.2, 0.25) is 0 Å². The van der Waals surface area contributed by atoms with Crippen molar-refractivity contribution in [1.29, 1.82) is 0 Å². The number of nitrogen functional groups attached to an aromatic ring is 1. The third kappa shape index (κ3) is 3.26. The number of carbonyl (C=O) groups excluding carboxylic acids is 3. The molecule has 130 valence electrons. The third-order valence-corrected chi connectivity index (χ3v) is 4.44. The van der Waals surface area contributed by atoms with Crippen LogP contribution in [0.25, 0.3) is 0 Å². The number of rotatable bonds is 5. The third-order valence-electron chi connectivity index (χ3n) is 3.59. The summed E-state index contributed by atoms with van der Waals surface area (Å²) in [6, 6.07) is 8.10. The fourth-order valence-electron chi connectivity index (χ4n) is 2.32. The molecule has 2 aromatic rings.